The molecule has 102 valence electrons. The number of benzene rings is 1. The minimum Gasteiger partial charge on any atom is -0.461 e. The van der Waals surface area contributed by atoms with E-state index in [0.29, 0.717) is 12.0 Å². The SMILES string of the molecule is CCCNC1CCCC1c1cc2cc(C)ccc2o1. The Labute approximate surface area is 115 Å². The van der Waals surface area contributed by atoms with Crippen molar-refractivity contribution in [2.75, 3.05) is 6.54 Å². The van der Waals surface area contributed by atoms with E-state index in [1.165, 1.54) is 42.4 Å². The summed E-state index contributed by atoms with van der Waals surface area (Å²) >= 11 is 0. The van der Waals surface area contributed by atoms with Crippen LogP contribution in [0.1, 0.15) is 49.8 Å². The minimum absolute atomic E-state index is 0.555. The molecule has 1 aromatic carbocycles. The van der Waals surface area contributed by atoms with Gasteiger partial charge in [0.15, 0.2) is 0 Å². The molecule has 2 aromatic rings. The fourth-order valence-corrected chi connectivity index (χ4v) is 3.24. The number of fused-ring (bicyclic) bond motifs is 1. The zero-order valence-corrected chi connectivity index (χ0v) is 11.9. The molecular weight excluding hydrogens is 234 g/mol. The Morgan fingerprint density at radius 3 is 3.00 bits per heavy atom. The van der Waals surface area contributed by atoms with Gasteiger partial charge in [-0.15, -0.1) is 0 Å². The monoisotopic (exact) mass is 257 g/mol. The summed E-state index contributed by atoms with van der Waals surface area (Å²) in [4.78, 5) is 0. The van der Waals surface area contributed by atoms with Crippen LogP contribution in [0.4, 0.5) is 0 Å². The molecule has 2 atom stereocenters. The summed E-state index contributed by atoms with van der Waals surface area (Å²) in [6.45, 7) is 5.47. The highest BCUT2D eigenvalue weighted by Gasteiger charge is 2.30. The van der Waals surface area contributed by atoms with E-state index in [-0.39, 0.29) is 0 Å². The normalized spacial score (nSPS) is 23.3. The zero-order valence-electron chi connectivity index (χ0n) is 11.9. The standard InChI is InChI=1S/C17H23NO/c1-3-9-18-15-6-4-5-14(15)17-11-13-10-12(2)7-8-16(13)19-17/h7-8,10-11,14-15,18H,3-6,9H2,1-2H3. The third kappa shape index (κ3) is 2.55. The Kier molecular flexibility index (Phi) is 3.61. The van der Waals surface area contributed by atoms with Crippen LogP contribution in [-0.4, -0.2) is 12.6 Å². The number of furan rings is 1. The summed E-state index contributed by atoms with van der Waals surface area (Å²) in [6.07, 6.45) is 5.03. The van der Waals surface area contributed by atoms with Crippen LogP contribution in [0.3, 0.4) is 0 Å². The predicted molar refractivity (Wildman–Crippen MR) is 79.6 cm³/mol. The minimum atomic E-state index is 0.555. The summed E-state index contributed by atoms with van der Waals surface area (Å²) in [7, 11) is 0. The van der Waals surface area contributed by atoms with E-state index in [2.05, 4.69) is 43.4 Å². The predicted octanol–water partition coefficient (Wildman–Crippen LogP) is 4.38. The number of hydrogen-bond donors (Lipinski definition) is 1. The molecule has 2 heteroatoms. The molecule has 3 rings (SSSR count). The number of hydrogen-bond acceptors (Lipinski definition) is 2. The summed E-state index contributed by atoms with van der Waals surface area (Å²) in [5.41, 5.74) is 2.33. The average molecular weight is 257 g/mol. The lowest BCUT2D eigenvalue weighted by Crippen LogP contribution is -2.31. The maximum Gasteiger partial charge on any atom is 0.134 e. The van der Waals surface area contributed by atoms with Crippen LogP contribution in [0.2, 0.25) is 0 Å². The lowest BCUT2D eigenvalue weighted by atomic mass is 10.00. The van der Waals surface area contributed by atoms with Crippen LogP contribution < -0.4 is 5.32 Å². The molecule has 1 aliphatic carbocycles. The second-order valence-corrected chi connectivity index (χ2v) is 5.79. The molecule has 1 saturated carbocycles. The van der Waals surface area contributed by atoms with Crippen LogP contribution in [0.5, 0.6) is 0 Å². The van der Waals surface area contributed by atoms with Crippen LogP contribution in [0.25, 0.3) is 11.0 Å². The van der Waals surface area contributed by atoms with Crippen molar-refractivity contribution in [3.8, 4) is 0 Å². The zero-order chi connectivity index (χ0) is 13.2. The van der Waals surface area contributed by atoms with Crippen molar-refractivity contribution in [2.45, 2.75) is 51.5 Å². The first-order chi connectivity index (χ1) is 9.28. The summed E-state index contributed by atoms with van der Waals surface area (Å²) in [5, 5.41) is 4.92. The van der Waals surface area contributed by atoms with Gasteiger partial charge in [0, 0.05) is 17.3 Å². The van der Waals surface area contributed by atoms with Gasteiger partial charge in [0.2, 0.25) is 0 Å². The Balaban J connectivity index is 1.86. The van der Waals surface area contributed by atoms with Gasteiger partial charge >= 0.3 is 0 Å². The Morgan fingerprint density at radius 2 is 2.16 bits per heavy atom. The smallest absolute Gasteiger partial charge is 0.134 e. The molecule has 0 spiro atoms. The van der Waals surface area contributed by atoms with Crippen molar-refractivity contribution in [3.05, 3.63) is 35.6 Å². The molecule has 19 heavy (non-hydrogen) atoms. The van der Waals surface area contributed by atoms with Gasteiger partial charge in [-0.2, -0.15) is 0 Å². The second-order valence-electron chi connectivity index (χ2n) is 5.79. The summed E-state index contributed by atoms with van der Waals surface area (Å²) < 4.78 is 6.08. The molecule has 0 radical (unpaired) electrons. The maximum absolute atomic E-state index is 6.08. The highest BCUT2D eigenvalue weighted by Crippen LogP contribution is 2.37. The molecule has 1 heterocycles. The van der Waals surface area contributed by atoms with Crippen molar-refractivity contribution in [1.82, 2.24) is 5.32 Å². The van der Waals surface area contributed by atoms with Gasteiger partial charge in [0.05, 0.1) is 0 Å². The first-order valence-corrected chi connectivity index (χ1v) is 7.51. The third-order valence-corrected chi connectivity index (χ3v) is 4.23. The van der Waals surface area contributed by atoms with Crippen molar-refractivity contribution in [2.24, 2.45) is 0 Å². The molecular formula is C17H23NO. The van der Waals surface area contributed by atoms with E-state index in [1.54, 1.807) is 0 Å². The van der Waals surface area contributed by atoms with Crippen LogP contribution in [0, 0.1) is 6.92 Å². The van der Waals surface area contributed by atoms with E-state index in [1.807, 2.05) is 0 Å². The van der Waals surface area contributed by atoms with Gasteiger partial charge in [-0.05, 0) is 50.9 Å². The van der Waals surface area contributed by atoms with Gasteiger partial charge in [-0.25, -0.2) is 0 Å². The van der Waals surface area contributed by atoms with E-state index >= 15 is 0 Å². The highest BCUT2D eigenvalue weighted by atomic mass is 16.3. The van der Waals surface area contributed by atoms with Crippen molar-refractivity contribution in [3.63, 3.8) is 0 Å². The van der Waals surface area contributed by atoms with Crippen molar-refractivity contribution >= 4 is 11.0 Å². The van der Waals surface area contributed by atoms with Gasteiger partial charge < -0.3 is 9.73 Å². The topological polar surface area (TPSA) is 25.2 Å². The van der Waals surface area contributed by atoms with Crippen molar-refractivity contribution in [1.29, 1.82) is 0 Å². The number of nitrogens with one attached hydrogen (secondary N) is 1. The molecule has 0 amide bonds. The van der Waals surface area contributed by atoms with E-state index in [9.17, 15) is 0 Å². The molecule has 1 aromatic heterocycles. The van der Waals surface area contributed by atoms with E-state index < -0.39 is 0 Å². The Morgan fingerprint density at radius 1 is 1.26 bits per heavy atom. The molecule has 0 saturated heterocycles. The van der Waals surface area contributed by atoms with E-state index in [0.717, 1.165) is 12.1 Å². The van der Waals surface area contributed by atoms with Crippen molar-refractivity contribution < 1.29 is 4.42 Å². The number of aryl methyl sites for hydroxylation is 1. The Bertz CT molecular complexity index is 557. The molecule has 2 unspecified atom stereocenters. The third-order valence-electron chi connectivity index (χ3n) is 4.23. The van der Waals surface area contributed by atoms with Crippen LogP contribution >= 0.6 is 0 Å². The fourth-order valence-electron chi connectivity index (χ4n) is 3.24. The molecule has 2 nitrogen and oxygen atoms in total. The molecule has 0 bridgehead atoms. The lowest BCUT2D eigenvalue weighted by molar-refractivity contribution is 0.416. The van der Waals surface area contributed by atoms with Gasteiger partial charge in [0.25, 0.3) is 0 Å². The summed E-state index contributed by atoms with van der Waals surface area (Å²) in [5.74, 6) is 1.73. The van der Waals surface area contributed by atoms with Crippen LogP contribution in [-0.2, 0) is 0 Å². The van der Waals surface area contributed by atoms with Crippen LogP contribution in [0.15, 0.2) is 28.7 Å². The largest absolute Gasteiger partial charge is 0.461 e. The molecule has 1 aliphatic rings. The van der Waals surface area contributed by atoms with Gasteiger partial charge in [0.1, 0.15) is 11.3 Å². The Hall–Kier alpha value is -1.28. The quantitative estimate of drug-likeness (QED) is 0.879. The lowest BCUT2D eigenvalue weighted by Gasteiger charge is -2.18. The summed E-state index contributed by atoms with van der Waals surface area (Å²) in [6, 6.07) is 9.28. The molecule has 1 N–H and O–H groups in total. The van der Waals surface area contributed by atoms with E-state index in [4.69, 9.17) is 4.42 Å². The maximum atomic E-state index is 6.08. The molecule has 1 fully saturated rings. The number of rotatable bonds is 4. The second kappa shape index (κ2) is 5.38. The first-order valence-electron chi connectivity index (χ1n) is 7.51. The van der Waals surface area contributed by atoms with Gasteiger partial charge in [-0.3, -0.25) is 0 Å². The average Bonchev–Trinajstić information content (AvgIpc) is 3.01. The fraction of sp³-hybridized carbons (Fsp3) is 0.529. The van der Waals surface area contributed by atoms with Gasteiger partial charge in [-0.1, -0.05) is 25.0 Å². The first kappa shape index (κ1) is 12.7. The highest BCUT2D eigenvalue weighted by molar-refractivity contribution is 5.78. The molecule has 0 aliphatic heterocycles.